The molecule has 1 aromatic rings. The van der Waals surface area contributed by atoms with E-state index < -0.39 is 5.41 Å². The predicted octanol–water partition coefficient (Wildman–Crippen LogP) is 2.31. The number of nitriles is 1. The molecule has 0 spiro atoms. The van der Waals surface area contributed by atoms with Gasteiger partial charge in [0.1, 0.15) is 5.41 Å². The van der Waals surface area contributed by atoms with Gasteiger partial charge in [-0.3, -0.25) is 4.98 Å². The van der Waals surface area contributed by atoms with Gasteiger partial charge in [-0.25, -0.2) is 0 Å². The van der Waals surface area contributed by atoms with Crippen molar-refractivity contribution in [3.05, 3.63) is 29.6 Å². The number of aromatic nitrogens is 1. The summed E-state index contributed by atoms with van der Waals surface area (Å²) in [4.78, 5) is 4.46. The second kappa shape index (κ2) is 4.85. The van der Waals surface area contributed by atoms with Crippen molar-refractivity contribution in [1.29, 1.82) is 5.26 Å². The standard InChI is InChI=1S/C14H19N3/c1-3-12-9-14(10-15,6-8-16-12)13-11(2)5-4-7-17-13/h4-5,7,12,16H,3,6,8-9H2,1-2H3. The van der Waals surface area contributed by atoms with Crippen LogP contribution in [0.25, 0.3) is 0 Å². The van der Waals surface area contributed by atoms with Gasteiger partial charge in [-0.15, -0.1) is 0 Å². The molecule has 2 rings (SSSR count). The molecule has 0 saturated carbocycles. The Morgan fingerprint density at radius 1 is 1.65 bits per heavy atom. The molecular formula is C14H19N3. The predicted molar refractivity (Wildman–Crippen MR) is 67.6 cm³/mol. The minimum Gasteiger partial charge on any atom is -0.314 e. The van der Waals surface area contributed by atoms with Gasteiger partial charge in [0, 0.05) is 12.2 Å². The highest BCUT2D eigenvalue weighted by molar-refractivity contribution is 5.34. The zero-order valence-corrected chi connectivity index (χ0v) is 10.5. The SMILES string of the molecule is CCC1CC(C#N)(c2ncccc2C)CCN1. The molecule has 2 heterocycles. The van der Waals surface area contributed by atoms with Crippen molar-refractivity contribution >= 4 is 0 Å². The number of nitrogens with one attached hydrogen (secondary N) is 1. The fourth-order valence-electron chi connectivity index (χ4n) is 2.73. The lowest BCUT2D eigenvalue weighted by molar-refractivity contribution is 0.295. The van der Waals surface area contributed by atoms with Crippen molar-refractivity contribution in [1.82, 2.24) is 10.3 Å². The van der Waals surface area contributed by atoms with Crippen molar-refractivity contribution in [2.24, 2.45) is 0 Å². The molecule has 1 aromatic heterocycles. The maximum absolute atomic E-state index is 9.61. The van der Waals surface area contributed by atoms with Crippen LogP contribution in [-0.2, 0) is 5.41 Å². The highest BCUT2D eigenvalue weighted by Gasteiger charge is 2.39. The molecule has 1 fully saturated rings. The summed E-state index contributed by atoms with van der Waals surface area (Å²) < 4.78 is 0. The number of piperidine rings is 1. The van der Waals surface area contributed by atoms with Crippen molar-refractivity contribution in [3.63, 3.8) is 0 Å². The molecule has 17 heavy (non-hydrogen) atoms. The van der Waals surface area contributed by atoms with E-state index in [4.69, 9.17) is 0 Å². The number of nitrogens with zero attached hydrogens (tertiary/aromatic N) is 2. The Balaban J connectivity index is 2.38. The first kappa shape index (κ1) is 12.1. The first-order chi connectivity index (χ1) is 8.22. The fraction of sp³-hybridized carbons (Fsp3) is 0.571. The van der Waals surface area contributed by atoms with Crippen LogP contribution in [0.2, 0.25) is 0 Å². The van der Waals surface area contributed by atoms with Gasteiger partial charge in [-0.2, -0.15) is 5.26 Å². The topological polar surface area (TPSA) is 48.7 Å². The molecule has 1 aliphatic heterocycles. The van der Waals surface area contributed by atoms with E-state index in [0.29, 0.717) is 6.04 Å². The van der Waals surface area contributed by atoms with Gasteiger partial charge in [0.05, 0.1) is 11.8 Å². The summed E-state index contributed by atoms with van der Waals surface area (Å²) in [5.41, 5.74) is 1.71. The molecule has 0 bridgehead atoms. The highest BCUT2D eigenvalue weighted by atomic mass is 14.9. The Morgan fingerprint density at radius 2 is 2.47 bits per heavy atom. The third kappa shape index (κ3) is 2.18. The average molecular weight is 229 g/mol. The van der Waals surface area contributed by atoms with Crippen LogP contribution < -0.4 is 5.32 Å². The zero-order chi connectivity index (χ0) is 12.3. The van der Waals surface area contributed by atoms with Crippen molar-refractivity contribution in [2.75, 3.05) is 6.54 Å². The highest BCUT2D eigenvalue weighted by Crippen LogP contribution is 2.35. The smallest absolute Gasteiger partial charge is 0.102 e. The number of aryl methyl sites for hydroxylation is 1. The van der Waals surface area contributed by atoms with Crippen LogP contribution in [-0.4, -0.2) is 17.6 Å². The number of hydrogen-bond acceptors (Lipinski definition) is 3. The monoisotopic (exact) mass is 229 g/mol. The summed E-state index contributed by atoms with van der Waals surface area (Å²) in [5, 5.41) is 13.1. The van der Waals surface area contributed by atoms with Crippen LogP contribution in [0.3, 0.4) is 0 Å². The molecule has 0 amide bonds. The molecule has 1 N–H and O–H groups in total. The molecule has 2 unspecified atom stereocenters. The van der Waals surface area contributed by atoms with E-state index in [-0.39, 0.29) is 0 Å². The van der Waals surface area contributed by atoms with E-state index in [2.05, 4.69) is 23.3 Å². The summed E-state index contributed by atoms with van der Waals surface area (Å²) >= 11 is 0. The molecule has 1 saturated heterocycles. The van der Waals surface area contributed by atoms with Crippen LogP contribution in [0.15, 0.2) is 18.3 Å². The van der Waals surface area contributed by atoms with Gasteiger partial charge in [0.15, 0.2) is 0 Å². The maximum Gasteiger partial charge on any atom is 0.102 e. The summed E-state index contributed by atoms with van der Waals surface area (Å²) in [6, 6.07) is 6.95. The van der Waals surface area contributed by atoms with Crippen molar-refractivity contribution < 1.29 is 0 Å². The summed E-state index contributed by atoms with van der Waals surface area (Å²) in [7, 11) is 0. The van der Waals surface area contributed by atoms with E-state index >= 15 is 0 Å². The second-order valence-electron chi connectivity index (χ2n) is 4.88. The van der Waals surface area contributed by atoms with Crippen molar-refractivity contribution in [3.8, 4) is 6.07 Å². The molecule has 90 valence electrons. The minimum atomic E-state index is -0.392. The maximum atomic E-state index is 9.61. The van der Waals surface area contributed by atoms with Crippen molar-refractivity contribution in [2.45, 2.75) is 44.6 Å². The Labute approximate surface area is 103 Å². The Bertz CT molecular complexity index is 435. The van der Waals surface area contributed by atoms with E-state index in [9.17, 15) is 5.26 Å². The fourth-order valence-corrected chi connectivity index (χ4v) is 2.73. The molecular weight excluding hydrogens is 210 g/mol. The van der Waals surface area contributed by atoms with Gasteiger partial charge >= 0.3 is 0 Å². The van der Waals surface area contributed by atoms with Gasteiger partial charge in [-0.1, -0.05) is 13.0 Å². The molecule has 0 radical (unpaired) electrons. The quantitative estimate of drug-likeness (QED) is 0.846. The van der Waals surface area contributed by atoms with E-state index in [1.807, 2.05) is 19.1 Å². The number of pyridine rings is 1. The minimum absolute atomic E-state index is 0.392. The first-order valence-electron chi connectivity index (χ1n) is 6.28. The summed E-state index contributed by atoms with van der Waals surface area (Å²) in [6.45, 7) is 5.11. The van der Waals surface area contributed by atoms with E-state index in [1.54, 1.807) is 6.20 Å². The number of hydrogen-bond donors (Lipinski definition) is 1. The van der Waals surface area contributed by atoms with Gasteiger partial charge in [0.2, 0.25) is 0 Å². The Kier molecular flexibility index (Phi) is 3.44. The van der Waals surface area contributed by atoms with Crippen LogP contribution in [0, 0.1) is 18.3 Å². The van der Waals surface area contributed by atoms with Crippen LogP contribution in [0.1, 0.15) is 37.4 Å². The molecule has 3 heteroatoms. The third-order valence-electron chi connectivity index (χ3n) is 3.75. The van der Waals surface area contributed by atoms with E-state index in [0.717, 1.165) is 37.1 Å². The van der Waals surface area contributed by atoms with Crippen LogP contribution >= 0.6 is 0 Å². The molecule has 0 aliphatic carbocycles. The summed E-state index contributed by atoms with van der Waals surface area (Å²) in [6.07, 6.45) is 4.59. The largest absolute Gasteiger partial charge is 0.314 e. The van der Waals surface area contributed by atoms with Gasteiger partial charge in [-0.05, 0) is 44.4 Å². The number of rotatable bonds is 2. The third-order valence-corrected chi connectivity index (χ3v) is 3.75. The Morgan fingerprint density at radius 3 is 3.12 bits per heavy atom. The van der Waals surface area contributed by atoms with Crippen LogP contribution in [0.4, 0.5) is 0 Å². The van der Waals surface area contributed by atoms with E-state index in [1.165, 1.54) is 0 Å². The lowest BCUT2D eigenvalue weighted by Crippen LogP contribution is -2.46. The lowest BCUT2D eigenvalue weighted by atomic mass is 9.73. The van der Waals surface area contributed by atoms with Gasteiger partial charge in [0.25, 0.3) is 0 Å². The molecule has 1 aliphatic rings. The lowest BCUT2D eigenvalue weighted by Gasteiger charge is -2.36. The van der Waals surface area contributed by atoms with Gasteiger partial charge < -0.3 is 5.32 Å². The first-order valence-corrected chi connectivity index (χ1v) is 6.28. The molecule has 2 atom stereocenters. The normalized spacial score (nSPS) is 28.6. The molecule has 3 nitrogen and oxygen atoms in total. The second-order valence-corrected chi connectivity index (χ2v) is 4.88. The Hall–Kier alpha value is -1.40. The summed E-state index contributed by atoms with van der Waals surface area (Å²) in [5.74, 6) is 0. The average Bonchev–Trinajstić information content (AvgIpc) is 2.39. The zero-order valence-electron chi connectivity index (χ0n) is 10.5. The van der Waals surface area contributed by atoms with Crippen LogP contribution in [0.5, 0.6) is 0 Å². The molecule has 0 aromatic carbocycles.